The van der Waals surface area contributed by atoms with Crippen LogP contribution in [0.3, 0.4) is 0 Å². The third-order valence-electron chi connectivity index (χ3n) is 2.69. The summed E-state index contributed by atoms with van der Waals surface area (Å²) in [5.74, 6) is 0. The van der Waals surface area contributed by atoms with Crippen LogP contribution < -0.4 is 10.5 Å². The third-order valence-corrected chi connectivity index (χ3v) is 4.60. The lowest BCUT2D eigenvalue weighted by molar-refractivity contribution is 0.598. The summed E-state index contributed by atoms with van der Waals surface area (Å²) < 4.78 is 22.4. The molecule has 0 saturated carbocycles. The first kappa shape index (κ1) is 14.5. The van der Waals surface area contributed by atoms with Gasteiger partial charge in [0.2, 0.25) is 10.0 Å². The Labute approximate surface area is 121 Å². The van der Waals surface area contributed by atoms with E-state index < -0.39 is 16.1 Å². The average Bonchev–Trinajstić information content (AvgIpc) is 2.81. The number of nitriles is 1. The lowest BCUT2D eigenvalue weighted by Gasteiger charge is -2.11. The van der Waals surface area contributed by atoms with Crippen molar-refractivity contribution in [2.45, 2.75) is 17.9 Å². The van der Waals surface area contributed by atoms with E-state index in [9.17, 15) is 13.7 Å². The molecule has 3 N–H and O–H groups in total. The van der Waals surface area contributed by atoms with Gasteiger partial charge < -0.3 is 5.32 Å². The maximum Gasteiger partial charge on any atom is 0.238 e. The predicted molar refractivity (Wildman–Crippen MR) is 78.8 cm³/mol. The molecule has 0 radical (unpaired) electrons. The largest absolute Gasteiger partial charge is 0.358 e. The van der Waals surface area contributed by atoms with Crippen molar-refractivity contribution in [3.8, 4) is 6.07 Å². The number of nitrogens with two attached hydrogens (primary N) is 1. The fourth-order valence-corrected chi connectivity index (χ4v) is 3.03. The van der Waals surface area contributed by atoms with Gasteiger partial charge in [-0.05, 0) is 41.6 Å². The number of aryl methyl sites for hydroxylation is 1. The van der Waals surface area contributed by atoms with Crippen molar-refractivity contribution in [2.24, 2.45) is 5.14 Å². The van der Waals surface area contributed by atoms with Crippen LogP contribution in [-0.2, 0) is 10.0 Å². The maximum absolute atomic E-state index is 11.2. The summed E-state index contributed by atoms with van der Waals surface area (Å²) >= 11 is 1.52. The molecule has 2 rings (SSSR count). The fourth-order valence-electron chi connectivity index (χ4n) is 1.69. The lowest BCUT2D eigenvalue weighted by atomic mass is 10.1. The Morgan fingerprint density at radius 2 is 2.00 bits per heavy atom. The van der Waals surface area contributed by atoms with Gasteiger partial charge in [0.15, 0.2) is 0 Å². The highest BCUT2D eigenvalue weighted by atomic mass is 32.2. The van der Waals surface area contributed by atoms with Gasteiger partial charge in [0.1, 0.15) is 6.04 Å². The number of nitrogens with zero attached hydrogens (tertiary/aromatic N) is 1. The third kappa shape index (κ3) is 3.36. The zero-order valence-electron chi connectivity index (χ0n) is 10.7. The van der Waals surface area contributed by atoms with E-state index in [-0.39, 0.29) is 4.90 Å². The number of hydrogen-bond donors (Lipinski definition) is 2. The van der Waals surface area contributed by atoms with Gasteiger partial charge in [0.25, 0.3) is 0 Å². The molecule has 0 fully saturated rings. The Morgan fingerprint density at radius 3 is 2.45 bits per heavy atom. The Hall–Kier alpha value is -1.88. The van der Waals surface area contributed by atoms with Crippen molar-refractivity contribution in [1.82, 2.24) is 0 Å². The summed E-state index contributed by atoms with van der Waals surface area (Å²) in [6, 6.07) is 9.53. The molecule has 7 heteroatoms. The van der Waals surface area contributed by atoms with E-state index in [1.165, 1.54) is 23.5 Å². The van der Waals surface area contributed by atoms with E-state index in [4.69, 9.17) is 5.14 Å². The number of primary sulfonamides is 1. The molecule has 0 amide bonds. The topological polar surface area (TPSA) is 96.0 Å². The zero-order valence-corrected chi connectivity index (χ0v) is 12.3. The van der Waals surface area contributed by atoms with Crippen molar-refractivity contribution in [3.05, 3.63) is 46.8 Å². The predicted octanol–water partition coefficient (Wildman–Crippen LogP) is 2.38. The molecule has 1 heterocycles. The number of hydrogen-bond acceptors (Lipinski definition) is 5. The zero-order chi connectivity index (χ0) is 14.8. The van der Waals surface area contributed by atoms with Crippen LogP contribution in [0.15, 0.2) is 40.6 Å². The second kappa shape index (κ2) is 5.63. The standard InChI is InChI=1S/C13H13N3O2S2/c1-9-6-13(19-8-9)16-12(7-14)10-2-4-11(5-3-10)20(15,17)18/h2-6,8,12,16H,1H3,(H2,15,17,18). The van der Waals surface area contributed by atoms with E-state index in [1.54, 1.807) is 12.1 Å². The molecule has 0 aliphatic carbocycles. The van der Waals surface area contributed by atoms with Crippen molar-refractivity contribution < 1.29 is 8.42 Å². The number of anilines is 1. The summed E-state index contributed by atoms with van der Waals surface area (Å²) in [6.07, 6.45) is 0. The highest BCUT2D eigenvalue weighted by Gasteiger charge is 2.13. The number of sulfonamides is 1. The SMILES string of the molecule is Cc1csc(NC(C#N)c2ccc(S(N)(=O)=O)cc2)c1. The molecule has 1 aromatic carbocycles. The summed E-state index contributed by atoms with van der Waals surface area (Å²) in [4.78, 5) is 0.0323. The van der Waals surface area contributed by atoms with E-state index >= 15 is 0 Å². The lowest BCUT2D eigenvalue weighted by Crippen LogP contribution is -2.13. The summed E-state index contributed by atoms with van der Waals surface area (Å²) in [5, 5.41) is 20.2. The molecule has 0 spiro atoms. The molecule has 0 aliphatic heterocycles. The van der Waals surface area contributed by atoms with Gasteiger partial charge in [-0.1, -0.05) is 12.1 Å². The molecule has 1 atom stereocenters. The van der Waals surface area contributed by atoms with Crippen LogP contribution in [0.2, 0.25) is 0 Å². The molecule has 104 valence electrons. The van der Waals surface area contributed by atoms with Crippen LogP contribution in [0.5, 0.6) is 0 Å². The maximum atomic E-state index is 11.2. The number of nitrogens with one attached hydrogen (secondary N) is 1. The minimum Gasteiger partial charge on any atom is -0.358 e. The second-order valence-electron chi connectivity index (χ2n) is 4.31. The van der Waals surface area contributed by atoms with Gasteiger partial charge in [-0.25, -0.2) is 13.6 Å². The van der Waals surface area contributed by atoms with Crippen LogP contribution >= 0.6 is 11.3 Å². The van der Waals surface area contributed by atoms with Gasteiger partial charge >= 0.3 is 0 Å². The summed E-state index contributed by atoms with van der Waals surface area (Å²) in [6.45, 7) is 1.98. The fraction of sp³-hybridized carbons (Fsp3) is 0.154. The minimum absolute atomic E-state index is 0.0323. The molecule has 20 heavy (non-hydrogen) atoms. The van der Waals surface area contributed by atoms with Crippen molar-refractivity contribution in [3.63, 3.8) is 0 Å². The van der Waals surface area contributed by atoms with E-state index in [0.29, 0.717) is 5.56 Å². The molecule has 1 aromatic heterocycles. The number of thiophene rings is 1. The van der Waals surface area contributed by atoms with Crippen LogP contribution in [0, 0.1) is 18.3 Å². The van der Waals surface area contributed by atoms with E-state index in [2.05, 4.69) is 11.4 Å². The Kier molecular flexibility index (Phi) is 4.09. The first-order chi connectivity index (χ1) is 9.40. The molecular formula is C13H13N3O2S2. The highest BCUT2D eigenvalue weighted by molar-refractivity contribution is 7.89. The van der Waals surface area contributed by atoms with E-state index in [0.717, 1.165) is 10.6 Å². The molecule has 0 saturated heterocycles. The molecule has 1 unspecified atom stereocenters. The molecule has 0 aliphatic rings. The second-order valence-corrected chi connectivity index (χ2v) is 6.78. The van der Waals surface area contributed by atoms with E-state index in [1.807, 2.05) is 18.4 Å². The van der Waals surface area contributed by atoms with Gasteiger partial charge in [0, 0.05) is 0 Å². The van der Waals surface area contributed by atoms with Crippen molar-refractivity contribution >= 4 is 26.4 Å². The molecular weight excluding hydrogens is 294 g/mol. The Morgan fingerprint density at radius 1 is 1.35 bits per heavy atom. The Bertz CT molecular complexity index is 743. The smallest absolute Gasteiger partial charge is 0.238 e. The monoisotopic (exact) mass is 307 g/mol. The first-order valence-electron chi connectivity index (χ1n) is 5.74. The van der Waals surface area contributed by atoms with Crippen LogP contribution in [0.25, 0.3) is 0 Å². The molecule has 0 bridgehead atoms. The normalized spacial score (nSPS) is 12.7. The first-order valence-corrected chi connectivity index (χ1v) is 8.17. The quantitative estimate of drug-likeness (QED) is 0.906. The van der Waals surface area contributed by atoms with Gasteiger partial charge in [-0.15, -0.1) is 11.3 Å². The molecule has 2 aromatic rings. The number of rotatable bonds is 4. The Balaban J connectivity index is 2.22. The van der Waals surface area contributed by atoms with Crippen molar-refractivity contribution in [1.29, 1.82) is 5.26 Å². The highest BCUT2D eigenvalue weighted by Crippen LogP contribution is 2.25. The van der Waals surface area contributed by atoms with Gasteiger partial charge in [0.05, 0.1) is 16.0 Å². The minimum atomic E-state index is -3.71. The average molecular weight is 307 g/mol. The molecule has 5 nitrogen and oxygen atoms in total. The van der Waals surface area contributed by atoms with Crippen molar-refractivity contribution in [2.75, 3.05) is 5.32 Å². The van der Waals surface area contributed by atoms with Crippen LogP contribution in [-0.4, -0.2) is 8.42 Å². The van der Waals surface area contributed by atoms with Gasteiger partial charge in [-0.2, -0.15) is 5.26 Å². The summed E-state index contributed by atoms with van der Waals surface area (Å²) in [5.41, 5.74) is 1.81. The van der Waals surface area contributed by atoms with Crippen LogP contribution in [0.4, 0.5) is 5.00 Å². The number of benzene rings is 1. The van der Waals surface area contributed by atoms with Crippen LogP contribution in [0.1, 0.15) is 17.2 Å². The van der Waals surface area contributed by atoms with Gasteiger partial charge in [-0.3, -0.25) is 0 Å². The summed E-state index contributed by atoms with van der Waals surface area (Å²) in [7, 11) is -3.71.